The van der Waals surface area contributed by atoms with Gasteiger partial charge in [-0.3, -0.25) is 9.59 Å². The highest BCUT2D eigenvalue weighted by Gasteiger charge is 2.28. The van der Waals surface area contributed by atoms with Crippen molar-refractivity contribution < 1.29 is 18.4 Å². The first-order valence-corrected chi connectivity index (χ1v) is 10.1. The first-order valence-electron chi connectivity index (χ1n) is 8.69. The summed E-state index contributed by atoms with van der Waals surface area (Å²) in [5.74, 6) is -0.271. The van der Waals surface area contributed by atoms with Gasteiger partial charge in [0.1, 0.15) is 16.6 Å². The van der Waals surface area contributed by atoms with Crippen LogP contribution in [0.3, 0.4) is 0 Å². The van der Waals surface area contributed by atoms with Crippen LogP contribution in [0.5, 0.6) is 0 Å². The van der Waals surface area contributed by atoms with Gasteiger partial charge in [0.25, 0.3) is 5.91 Å². The molecule has 2 aromatic heterocycles. The summed E-state index contributed by atoms with van der Waals surface area (Å²) in [6.07, 6.45) is 2.98. The number of rotatable bonds is 5. The van der Waals surface area contributed by atoms with Crippen LogP contribution in [0, 0.1) is 5.82 Å². The number of halogens is 2. The van der Waals surface area contributed by atoms with Crippen molar-refractivity contribution in [1.82, 2.24) is 10.3 Å². The Balaban J connectivity index is 1.60. The average Bonchev–Trinajstić information content (AvgIpc) is 3.23. The van der Waals surface area contributed by atoms with Gasteiger partial charge in [0.2, 0.25) is 5.91 Å². The first kappa shape index (κ1) is 19.5. The summed E-state index contributed by atoms with van der Waals surface area (Å²) in [7, 11) is 0. The number of aromatic nitrogens is 1. The van der Waals surface area contributed by atoms with Crippen LogP contribution in [-0.2, 0) is 17.9 Å². The number of carbonyl (C=O) groups is 2. The minimum atomic E-state index is -0.495. The molecule has 6 nitrogen and oxygen atoms in total. The lowest BCUT2D eigenvalue weighted by molar-refractivity contribution is -0.116. The van der Waals surface area contributed by atoms with E-state index in [9.17, 15) is 14.0 Å². The van der Waals surface area contributed by atoms with E-state index in [1.165, 1.54) is 41.3 Å². The van der Waals surface area contributed by atoms with Crippen LogP contribution in [0.25, 0.3) is 0 Å². The number of furan rings is 1. The molecule has 4 rings (SSSR count). The number of hydrogen-bond donors (Lipinski definition) is 1. The summed E-state index contributed by atoms with van der Waals surface area (Å²) in [6.45, 7) is 0.183. The van der Waals surface area contributed by atoms with Crippen LogP contribution in [0.4, 0.5) is 10.1 Å². The second-order valence-electron chi connectivity index (χ2n) is 6.28. The van der Waals surface area contributed by atoms with Gasteiger partial charge in [0.15, 0.2) is 0 Å². The number of benzene rings is 1. The summed E-state index contributed by atoms with van der Waals surface area (Å²) in [5.41, 5.74) is 0.958. The van der Waals surface area contributed by atoms with E-state index in [2.05, 4.69) is 10.3 Å². The Hall–Kier alpha value is -2.84. The summed E-state index contributed by atoms with van der Waals surface area (Å²) in [6, 6.07) is 9.44. The van der Waals surface area contributed by atoms with Crippen molar-refractivity contribution in [3.8, 4) is 0 Å². The lowest BCUT2D eigenvalue weighted by Crippen LogP contribution is -2.36. The zero-order chi connectivity index (χ0) is 20.4. The molecular weight excluding hydrogens is 417 g/mol. The Bertz CT molecular complexity index is 1050. The Morgan fingerprint density at radius 2 is 2.21 bits per heavy atom. The molecule has 3 aromatic rings. The number of thioether (sulfide) groups is 1. The maximum absolute atomic E-state index is 14.2. The second kappa shape index (κ2) is 8.26. The van der Waals surface area contributed by atoms with Crippen molar-refractivity contribution in [1.29, 1.82) is 0 Å². The number of nitrogens with one attached hydrogen (secondary N) is 1. The topological polar surface area (TPSA) is 75.4 Å². The monoisotopic (exact) mass is 431 g/mol. The number of pyridine rings is 1. The number of fused-ring (bicyclic) bond motifs is 1. The van der Waals surface area contributed by atoms with Gasteiger partial charge in [0, 0.05) is 16.8 Å². The van der Waals surface area contributed by atoms with Gasteiger partial charge in [0.05, 0.1) is 36.4 Å². The Morgan fingerprint density at radius 1 is 1.34 bits per heavy atom. The fourth-order valence-electron chi connectivity index (χ4n) is 2.91. The highest BCUT2D eigenvalue weighted by molar-refractivity contribution is 8.00. The van der Waals surface area contributed by atoms with E-state index in [-0.39, 0.29) is 46.8 Å². The predicted octanol–water partition coefficient (Wildman–Crippen LogP) is 4.04. The van der Waals surface area contributed by atoms with Crippen LogP contribution < -0.4 is 10.2 Å². The van der Waals surface area contributed by atoms with Gasteiger partial charge in [-0.25, -0.2) is 9.37 Å². The molecule has 2 amide bonds. The van der Waals surface area contributed by atoms with E-state index >= 15 is 0 Å². The van der Waals surface area contributed by atoms with E-state index in [1.54, 1.807) is 24.3 Å². The number of amides is 2. The molecule has 0 fully saturated rings. The second-order valence-corrected chi connectivity index (χ2v) is 7.65. The molecule has 3 heterocycles. The number of hydrogen-bond acceptors (Lipinski definition) is 5. The molecule has 0 radical (unpaired) electrons. The van der Waals surface area contributed by atoms with Gasteiger partial charge in [-0.15, -0.1) is 0 Å². The van der Waals surface area contributed by atoms with E-state index in [4.69, 9.17) is 16.0 Å². The fourth-order valence-corrected chi connectivity index (χ4v) is 3.99. The van der Waals surface area contributed by atoms with Crippen molar-refractivity contribution in [2.45, 2.75) is 18.1 Å². The molecule has 1 aliphatic rings. The maximum atomic E-state index is 14.2. The minimum absolute atomic E-state index is 0.0446. The molecule has 0 aliphatic carbocycles. The number of carbonyl (C=O) groups excluding carboxylic acids is 2. The van der Waals surface area contributed by atoms with Crippen molar-refractivity contribution in [2.24, 2.45) is 0 Å². The van der Waals surface area contributed by atoms with Crippen molar-refractivity contribution in [2.75, 3.05) is 10.7 Å². The molecule has 0 unspecified atom stereocenters. The zero-order valence-electron chi connectivity index (χ0n) is 15.0. The summed E-state index contributed by atoms with van der Waals surface area (Å²) < 4.78 is 19.4. The summed E-state index contributed by atoms with van der Waals surface area (Å²) >= 11 is 7.40. The van der Waals surface area contributed by atoms with E-state index in [0.29, 0.717) is 16.5 Å². The predicted molar refractivity (Wildman–Crippen MR) is 107 cm³/mol. The number of nitrogens with zero attached hydrogens (tertiary/aromatic N) is 2. The third-order valence-corrected chi connectivity index (χ3v) is 5.73. The van der Waals surface area contributed by atoms with Crippen molar-refractivity contribution in [3.63, 3.8) is 0 Å². The SMILES string of the molecule is O=C(NCc1ccco1)c1cnc2c(c1)N(Cc1c(F)cccc1Cl)C(=O)CS2. The van der Waals surface area contributed by atoms with Crippen molar-refractivity contribution >= 4 is 40.9 Å². The van der Waals surface area contributed by atoms with Gasteiger partial charge in [-0.1, -0.05) is 29.4 Å². The first-order chi connectivity index (χ1) is 14.0. The normalized spacial score (nSPS) is 13.3. The summed E-state index contributed by atoms with van der Waals surface area (Å²) in [5, 5.41) is 3.57. The van der Waals surface area contributed by atoms with Crippen LogP contribution in [0.15, 0.2) is 58.3 Å². The molecule has 29 heavy (non-hydrogen) atoms. The van der Waals surface area contributed by atoms with Gasteiger partial charge >= 0.3 is 0 Å². The fraction of sp³-hybridized carbons (Fsp3) is 0.150. The summed E-state index contributed by atoms with van der Waals surface area (Å²) in [4.78, 5) is 30.8. The van der Waals surface area contributed by atoms with Gasteiger partial charge < -0.3 is 14.6 Å². The van der Waals surface area contributed by atoms with E-state index in [1.807, 2.05) is 0 Å². The lowest BCUT2D eigenvalue weighted by atomic mass is 10.1. The average molecular weight is 432 g/mol. The molecular formula is C20H15ClFN3O3S. The standard InChI is InChI=1S/C20H15ClFN3O3S/c21-15-4-1-5-16(22)14(15)10-25-17-7-12(8-24-20(17)29-11-18(25)26)19(27)23-9-13-3-2-6-28-13/h1-8H,9-11H2,(H,23,27). The molecule has 0 bridgehead atoms. The molecule has 1 N–H and O–H groups in total. The van der Waals surface area contributed by atoms with E-state index in [0.717, 1.165) is 0 Å². The van der Waals surface area contributed by atoms with Crippen LogP contribution in [0.1, 0.15) is 21.7 Å². The van der Waals surface area contributed by atoms with Crippen LogP contribution >= 0.6 is 23.4 Å². The highest BCUT2D eigenvalue weighted by atomic mass is 35.5. The molecule has 0 saturated heterocycles. The Labute approximate surface area is 175 Å². The molecule has 1 aromatic carbocycles. The zero-order valence-corrected chi connectivity index (χ0v) is 16.6. The molecule has 0 atom stereocenters. The van der Waals surface area contributed by atoms with Gasteiger partial charge in [-0.2, -0.15) is 0 Å². The van der Waals surface area contributed by atoms with Gasteiger partial charge in [-0.05, 0) is 30.3 Å². The van der Waals surface area contributed by atoms with E-state index < -0.39 is 5.82 Å². The number of anilines is 1. The lowest BCUT2D eigenvalue weighted by Gasteiger charge is -2.29. The molecule has 148 valence electrons. The smallest absolute Gasteiger partial charge is 0.253 e. The largest absolute Gasteiger partial charge is 0.467 e. The third kappa shape index (κ3) is 4.13. The molecule has 9 heteroatoms. The Kier molecular flexibility index (Phi) is 5.55. The minimum Gasteiger partial charge on any atom is -0.467 e. The Morgan fingerprint density at radius 3 is 2.97 bits per heavy atom. The third-order valence-electron chi connectivity index (χ3n) is 4.40. The van der Waals surface area contributed by atoms with Crippen LogP contribution in [0.2, 0.25) is 5.02 Å². The van der Waals surface area contributed by atoms with Crippen LogP contribution in [-0.4, -0.2) is 22.6 Å². The molecule has 0 saturated carbocycles. The quantitative estimate of drug-likeness (QED) is 0.660. The highest BCUT2D eigenvalue weighted by Crippen LogP contribution is 2.36. The van der Waals surface area contributed by atoms with Crippen molar-refractivity contribution in [3.05, 3.63) is 76.6 Å². The molecule has 1 aliphatic heterocycles. The molecule has 0 spiro atoms. The maximum Gasteiger partial charge on any atom is 0.253 e.